The van der Waals surface area contributed by atoms with Crippen LogP contribution < -0.4 is 0 Å². The summed E-state index contributed by atoms with van der Waals surface area (Å²) in [5.74, 6) is 0.421. The van der Waals surface area contributed by atoms with E-state index in [1.54, 1.807) is 0 Å². The van der Waals surface area contributed by atoms with Crippen molar-refractivity contribution in [1.82, 2.24) is 4.90 Å². The lowest BCUT2D eigenvalue weighted by atomic mass is 9.87. The van der Waals surface area contributed by atoms with Gasteiger partial charge in [0.15, 0.2) is 0 Å². The van der Waals surface area contributed by atoms with E-state index >= 15 is 0 Å². The van der Waals surface area contributed by atoms with Crippen LogP contribution in [0.5, 0.6) is 0 Å². The van der Waals surface area contributed by atoms with Gasteiger partial charge in [0.25, 0.3) is 0 Å². The van der Waals surface area contributed by atoms with E-state index in [0.29, 0.717) is 25.8 Å². The summed E-state index contributed by atoms with van der Waals surface area (Å²) in [4.78, 5) is 14.5. The van der Waals surface area contributed by atoms with Gasteiger partial charge in [-0.15, -0.1) is 0 Å². The highest BCUT2D eigenvalue weighted by molar-refractivity contribution is 5.78. The molecule has 1 aliphatic rings. The minimum absolute atomic E-state index is 0.193. The number of hydrogen-bond acceptors (Lipinski definition) is 2. The molecular weight excluding hydrogens is 250 g/mol. The number of aliphatic hydroxyl groups excluding tert-OH is 1. The highest BCUT2D eigenvalue weighted by Gasteiger charge is 2.37. The quantitative estimate of drug-likeness (QED) is 0.921. The topological polar surface area (TPSA) is 40.5 Å². The molecule has 1 heterocycles. The van der Waals surface area contributed by atoms with Crippen molar-refractivity contribution in [1.29, 1.82) is 0 Å². The van der Waals surface area contributed by atoms with Crippen molar-refractivity contribution in [3.8, 4) is 0 Å². The Balaban J connectivity index is 2.01. The van der Waals surface area contributed by atoms with Crippen LogP contribution in [0.25, 0.3) is 0 Å². The number of aliphatic hydroxyl groups is 1. The van der Waals surface area contributed by atoms with Crippen LogP contribution >= 0.6 is 0 Å². The summed E-state index contributed by atoms with van der Waals surface area (Å²) in [5.41, 5.74) is 0.959. The van der Waals surface area contributed by atoms with Crippen LogP contribution in [-0.2, 0) is 4.79 Å². The van der Waals surface area contributed by atoms with E-state index in [2.05, 4.69) is 19.1 Å². The summed E-state index contributed by atoms with van der Waals surface area (Å²) in [6.45, 7) is 6.84. The molecule has 1 aromatic carbocycles. The molecule has 0 radical (unpaired) electrons. The third-order valence-electron chi connectivity index (χ3n) is 4.30. The third kappa shape index (κ3) is 3.40. The molecule has 1 fully saturated rings. The number of hydrogen-bond donors (Lipinski definition) is 1. The number of nitrogens with zero attached hydrogens (tertiary/aromatic N) is 1. The molecule has 110 valence electrons. The molecule has 0 aliphatic carbocycles. The van der Waals surface area contributed by atoms with Gasteiger partial charge in [0.2, 0.25) is 5.91 Å². The molecule has 1 amide bonds. The van der Waals surface area contributed by atoms with Gasteiger partial charge in [0.1, 0.15) is 0 Å². The summed E-state index contributed by atoms with van der Waals surface area (Å²) < 4.78 is 0. The molecule has 1 aliphatic heterocycles. The lowest BCUT2D eigenvalue weighted by Gasteiger charge is -2.44. The average Bonchev–Trinajstić information content (AvgIpc) is 2.38. The molecule has 2 atom stereocenters. The number of piperidine rings is 1. The second-order valence-corrected chi connectivity index (χ2v) is 6.52. The second kappa shape index (κ2) is 5.96. The van der Waals surface area contributed by atoms with Gasteiger partial charge >= 0.3 is 0 Å². The van der Waals surface area contributed by atoms with Crippen molar-refractivity contribution >= 4 is 5.91 Å². The van der Waals surface area contributed by atoms with E-state index in [4.69, 9.17) is 0 Å². The average molecular weight is 275 g/mol. The zero-order valence-electron chi connectivity index (χ0n) is 12.7. The minimum Gasteiger partial charge on any atom is -0.393 e. The second-order valence-electron chi connectivity index (χ2n) is 6.52. The smallest absolute Gasteiger partial charge is 0.223 e. The standard InChI is InChI=1S/C17H25NO2/c1-13(14-7-5-4-6-8-14)11-16(20)18-10-9-15(19)12-17(18,2)3/h4-8,13,15,19H,9-12H2,1-3H3/t13-,15+/m1/s1. The molecule has 0 aromatic heterocycles. The van der Waals surface area contributed by atoms with Crippen LogP contribution in [0.2, 0.25) is 0 Å². The molecule has 0 bridgehead atoms. The largest absolute Gasteiger partial charge is 0.393 e. The van der Waals surface area contributed by atoms with Gasteiger partial charge in [-0.3, -0.25) is 4.79 Å². The fourth-order valence-corrected chi connectivity index (χ4v) is 3.10. The van der Waals surface area contributed by atoms with Crippen LogP contribution in [0, 0.1) is 0 Å². The SMILES string of the molecule is C[C@H](CC(=O)N1CC[C@H](O)CC1(C)C)c1ccccc1. The van der Waals surface area contributed by atoms with E-state index in [1.165, 1.54) is 5.56 Å². The Morgan fingerprint density at radius 2 is 2.05 bits per heavy atom. The fourth-order valence-electron chi connectivity index (χ4n) is 3.10. The van der Waals surface area contributed by atoms with Crippen molar-refractivity contribution < 1.29 is 9.90 Å². The Hall–Kier alpha value is -1.35. The van der Waals surface area contributed by atoms with Crippen LogP contribution in [-0.4, -0.2) is 34.1 Å². The predicted molar refractivity (Wildman–Crippen MR) is 80.5 cm³/mol. The maximum atomic E-state index is 12.5. The number of rotatable bonds is 3. The van der Waals surface area contributed by atoms with E-state index in [-0.39, 0.29) is 23.5 Å². The first-order chi connectivity index (χ1) is 9.40. The molecule has 1 saturated heterocycles. The van der Waals surface area contributed by atoms with Crippen molar-refractivity contribution in [2.24, 2.45) is 0 Å². The van der Waals surface area contributed by atoms with Gasteiger partial charge in [-0.1, -0.05) is 37.3 Å². The Bertz CT molecular complexity index is 455. The molecule has 0 saturated carbocycles. The summed E-state index contributed by atoms with van der Waals surface area (Å²) >= 11 is 0. The fraction of sp³-hybridized carbons (Fsp3) is 0.588. The summed E-state index contributed by atoms with van der Waals surface area (Å²) in [7, 11) is 0. The predicted octanol–water partition coefficient (Wildman–Crippen LogP) is 2.94. The normalized spacial score (nSPS) is 23.4. The Kier molecular flexibility index (Phi) is 4.48. The molecular formula is C17H25NO2. The summed E-state index contributed by atoms with van der Waals surface area (Å²) in [6.07, 6.45) is 1.61. The molecule has 0 spiro atoms. The number of benzene rings is 1. The number of carbonyl (C=O) groups excluding carboxylic acids is 1. The molecule has 3 nitrogen and oxygen atoms in total. The van der Waals surface area contributed by atoms with Gasteiger partial charge in [-0.25, -0.2) is 0 Å². The monoisotopic (exact) mass is 275 g/mol. The molecule has 20 heavy (non-hydrogen) atoms. The lowest BCUT2D eigenvalue weighted by Crippen LogP contribution is -2.54. The van der Waals surface area contributed by atoms with E-state index in [1.807, 2.05) is 36.9 Å². The zero-order valence-corrected chi connectivity index (χ0v) is 12.7. The van der Waals surface area contributed by atoms with Crippen molar-refractivity contribution in [2.75, 3.05) is 6.54 Å². The third-order valence-corrected chi connectivity index (χ3v) is 4.30. The molecule has 2 rings (SSSR count). The van der Waals surface area contributed by atoms with Crippen LogP contribution in [0.15, 0.2) is 30.3 Å². The van der Waals surface area contributed by atoms with Crippen molar-refractivity contribution in [2.45, 2.75) is 57.6 Å². The minimum atomic E-state index is -0.277. The number of amides is 1. The van der Waals surface area contributed by atoms with Gasteiger partial charge in [-0.05, 0) is 38.2 Å². The van der Waals surface area contributed by atoms with Crippen LogP contribution in [0.3, 0.4) is 0 Å². The summed E-state index contributed by atoms with van der Waals surface area (Å²) in [5, 5.41) is 9.77. The Morgan fingerprint density at radius 1 is 1.40 bits per heavy atom. The maximum absolute atomic E-state index is 12.5. The maximum Gasteiger partial charge on any atom is 0.223 e. The highest BCUT2D eigenvalue weighted by atomic mass is 16.3. The molecule has 1 N–H and O–H groups in total. The summed E-state index contributed by atoms with van der Waals surface area (Å²) in [6, 6.07) is 10.2. The van der Waals surface area contributed by atoms with Crippen LogP contribution in [0.4, 0.5) is 0 Å². The van der Waals surface area contributed by atoms with E-state index in [0.717, 1.165) is 0 Å². The Labute approximate surface area is 121 Å². The molecule has 1 aromatic rings. The first-order valence-electron chi connectivity index (χ1n) is 7.43. The van der Waals surface area contributed by atoms with E-state index in [9.17, 15) is 9.90 Å². The molecule has 3 heteroatoms. The zero-order chi connectivity index (χ0) is 14.8. The first-order valence-corrected chi connectivity index (χ1v) is 7.43. The van der Waals surface area contributed by atoms with Gasteiger partial charge in [0.05, 0.1) is 6.10 Å². The molecule has 0 unspecified atom stereocenters. The van der Waals surface area contributed by atoms with Crippen molar-refractivity contribution in [3.05, 3.63) is 35.9 Å². The van der Waals surface area contributed by atoms with Gasteiger partial charge < -0.3 is 10.0 Å². The Morgan fingerprint density at radius 3 is 2.65 bits per heavy atom. The van der Waals surface area contributed by atoms with Gasteiger partial charge in [0, 0.05) is 18.5 Å². The number of carbonyl (C=O) groups is 1. The number of likely N-dealkylation sites (tertiary alicyclic amines) is 1. The van der Waals surface area contributed by atoms with E-state index < -0.39 is 0 Å². The van der Waals surface area contributed by atoms with Crippen LogP contribution in [0.1, 0.15) is 51.5 Å². The van der Waals surface area contributed by atoms with Gasteiger partial charge in [-0.2, -0.15) is 0 Å². The lowest BCUT2D eigenvalue weighted by molar-refractivity contribution is -0.141. The highest BCUT2D eigenvalue weighted by Crippen LogP contribution is 2.30. The first kappa shape index (κ1) is 15.0. The van der Waals surface area contributed by atoms with Crippen molar-refractivity contribution in [3.63, 3.8) is 0 Å².